The predicted octanol–water partition coefficient (Wildman–Crippen LogP) is 4.08. The third-order valence-corrected chi connectivity index (χ3v) is 8.69. The van der Waals surface area contributed by atoms with Crippen LogP contribution in [0.5, 0.6) is 11.5 Å². The maximum Gasteiger partial charge on any atom is 0.264 e. The molecule has 0 saturated carbocycles. The molecule has 1 amide bonds. The number of likely N-dealkylation sites (N-methyl/N-ethyl adjacent to an activating group) is 1. The van der Waals surface area contributed by atoms with Crippen LogP contribution in [0.4, 0.5) is 10.2 Å². The summed E-state index contributed by atoms with van der Waals surface area (Å²) < 4.78 is 23.0. The van der Waals surface area contributed by atoms with E-state index in [1.54, 1.807) is 39.9 Å². The van der Waals surface area contributed by atoms with E-state index in [9.17, 15) is 10.1 Å². The van der Waals surface area contributed by atoms with Gasteiger partial charge in [0.1, 0.15) is 46.8 Å². The molecular formula is C33H36FN9O2. The van der Waals surface area contributed by atoms with E-state index in [0.717, 1.165) is 32.6 Å². The number of benzene rings is 2. The van der Waals surface area contributed by atoms with E-state index >= 15 is 4.39 Å². The first kappa shape index (κ1) is 30.2. The number of hydrogen-bond donors (Lipinski definition) is 1. The number of aromatic nitrogens is 4. The predicted molar refractivity (Wildman–Crippen MR) is 169 cm³/mol. The summed E-state index contributed by atoms with van der Waals surface area (Å²) in [6.45, 7) is 8.50. The van der Waals surface area contributed by atoms with Crippen LogP contribution in [0, 0.1) is 17.1 Å². The molecule has 2 fully saturated rings. The molecule has 45 heavy (non-hydrogen) atoms. The Morgan fingerprint density at radius 3 is 2.53 bits per heavy atom. The number of fused-ring (bicyclic) bond motifs is 1. The molecule has 2 N–H and O–H groups in total. The Balaban J connectivity index is 1.24. The zero-order valence-electron chi connectivity index (χ0n) is 25.7. The second-order valence-corrected chi connectivity index (χ2v) is 12.1. The number of carbonyl (C=O) groups is 1. The second-order valence-electron chi connectivity index (χ2n) is 12.1. The van der Waals surface area contributed by atoms with Crippen LogP contribution in [-0.4, -0.2) is 91.7 Å². The minimum absolute atomic E-state index is 0.126. The van der Waals surface area contributed by atoms with Crippen molar-refractivity contribution >= 4 is 22.8 Å². The SMILES string of the molecule is CN1CCN(C(C)(C)C=C(C#N)C(=O)N2CC[C@H]2Cn2nc(-c3ccc(Oc4ccccc4)cc3F)c3c(N)ncnc32)CC1. The molecule has 0 bridgehead atoms. The standard InChI is InChI=1S/C33H36FN9O2/c1-33(2,41-15-13-40(3)14-16-41)18-22(19-35)32(44)42-12-11-23(42)20-43-31-28(30(36)37-21-38-31)29(39-43)26-10-9-25(17-27(26)34)45-24-7-5-4-6-8-24/h4-10,17-18,21,23H,11-16,20H2,1-3H3,(H2,36,37,38)/t23-/m0/s1. The molecule has 0 radical (unpaired) electrons. The number of likely N-dealkylation sites (tertiary alicyclic amines) is 1. The van der Waals surface area contributed by atoms with E-state index < -0.39 is 11.4 Å². The number of nitrogens with two attached hydrogens (primary N) is 1. The summed E-state index contributed by atoms with van der Waals surface area (Å²) in [5.41, 5.74) is 6.90. The lowest BCUT2D eigenvalue weighted by molar-refractivity contribution is -0.134. The number of hydrogen-bond acceptors (Lipinski definition) is 9. The molecule has 0 unspecified atom stereocenters. The molecule has 12 heteroatoms. The van der Waals surface area contributed by atoms with Gasteiger partial charge in [-0.3, -0.25) is 9.69 Å². The number of halogens is 1. The zero-order chi connectivity index (χ0) is 31.7. The summed E-state index contributed by atoms with van der Waals surface area (Å²) >= 11 is 0. The first-order valence-corrected chi connectivity index (χ1v) is 15.0. The maximum atomic E-state index is 15.5. The van der Waals surface area contributed by atoms with Gasteiger partial charge in [-0.25, -0.2) is 19.0 Å². The first-order chi connectivity index (χ1) is 21.6. The van der Waals surface area contributed by atoms with Crippen LogP contribution in [-0.2, 0) is 11.3 Å². The summed E-state index contributed by atoms with van der Waals surface area (Å²) in [5, 5.41) is 15.1. The number of carbonyl (C=O) groups excluding carboxylic acids is 1. The zero-order valence-corrected chi connectivity index (χ0v) is 25.7. The number of anilines is 1. The highest BCUT2D eigenvalue weighted by Gasteiger charge is 2.37. The van der Waals surface area contributed by atoms with Gasteiger partial charge >= 0.3 is 0 Å². The van der Waals surface area contributed by atoms with E-state index in [1.165, 1.54) is 12.4 Å². The quantitative estimate of drug-likeness (QED) is 0.232. The number of ether oxygens (including phenoxy) is 1. The third kappa shape index (κ3) is 6.09. The van der Waals surface area contributed by atoms with Gasteiger partial charge in [-0.05, 0) is 57.7 Å². The Hall–Kier alpha value is -4.86. The van der Waals surface area contributed by atoms with Crippen LogP contribution < -0.4 is 10.5 Å². The molecule has 2 saturated heterocycles. The Morgan fingerprint density at radius 2 is 1.87 bits per heavy atom. The number of nitriles is 1. The Labute approximate surface area is 261 Å². The second kappa shape index (κ2) is 12.3. The van der Waals surface area contributed by atoms with Gasteiger partial charge in [0.05, 0.1) is 18.0 Å². The average Bonchev–Trinajstić information content (AvgIpc) is 3.38. The van der Waals surface area contributed by atoms with Crippen molar-refractivity contribution in [2.45, 2.75) is 38.4 Å². The summed E-state index contributed by atoms with van der Waals surface area (Å²) in [6, 6.07) is 15.6. The third-order valence-electron chi connectivity index (χ3n) is 8.69. The lowest BCUT2D eigenvalue weighted by atomic mass is 9.95. The smallest absolute Gasteiger partial charge is 0.264 e. The molecule has 232 valence electrons. The highest BCUT2D eigenvalue weighted by molar-refractivity contribution is 5.99. The average molecular weight is 610 g/mol. The minimum Gasteiger partial charge on any atom is -0.457 e. The molecule has 11 nitrogen and oxygen atoms in total. The molecule has 2 aliphatic heterocycles. The maximum absolute atomic E-state index is 15.5. The van der Waals surface area contributed by atoms with Gasteiger partial charge in [0.2, 0.25) is 0 Å². The van der Waals surface area contributed by atoms with E-state index in [-0.39, 0.29) is 28.9 Å². The van der Waals surface area contributed by atoms with Gasteiger partial charge in [0.15, 0.2) is 5.65 Å². The Bertz CT molecular complexity index is 1790. The van der Waals surface area contributed by atoms with Gasteiger partial charge in [-0.15, -0.1) is 0 Å². The van der Waals surface area contributed by atoms with Crippen LogP contribution >= 0.6 is 0 Å². The van der Waals surface area contributed by atoms with Gasteiger partial charge in [-0.1, -0.05) is 18.2 Å². The molecule has 2 aromatic carbocycles. The van der Waals surface area contributed by atoms with E-state index in [2.05, 4.69) is 32.9 Å². The summed E-state index contributed by atoms with van der Waals surface area (Å²) in [5.74, 6) is 0.269. The van der Waals surface area contributed by atoms with E-state index in [0.29, 0.717) is 41.3 Å². The van der Waals surface area contributed by atoms with Crippen molar-refractivity contribution in [3.8, 4) is 28.8 Å². The molecular weight excluding hydrogens is 573 g/mol. The van der Waals surface area contributed by atoms with Crippen molar-refractivity contribution < 1.29 is 13.9 Å². The number of rotatable bonds is 8. The summed E-state index contributed by atoms with van der Waals surface area (Å²) in [7, 11) is 2.09. The molecule has 2 aromatic heterocycles. The monoisotopic (exact) mass is 609 g/mol. The lowest BCUT2D eigenvalue weighted by Gasteiger charge is -2.43. The normalized spacial score (nSPS) is 18.1. The van der Waals surface area contributed by atoms with Gasteiger partial charge in [-0.2, -0.15) is 10.4 Å². The van der Waals surface area contributed by atoms with Crippen molar-refractivity contribution in [2.75, 3.05) is 45.5 Å². The van der Waals surface area contributed by atoms with Crippen LogP contribution in [0.25, 0.3) is 22.3 Å². The molecule has 2 aliphatic rings. The number of nitrogen functional groups attached to an aromatic ring is 1. The van der Waals surface area contributed by atoms with Crippen LogP contribution in [0.1, 0.15) is 20.3 Å². The van der Waals surface area contributed by atoms with Crippen molar-refractivity contribution in [3.63, 3.8) is 0 Å². The van der Waals surface area contributed by atoms with Crippen molar-refractivity contribution in [1.29, 1.82) is 5.26 Å². The minimum atomic E-state index is -0.537. The number of amides is 1. The van der Waals surface area contributed by atoms with Gasteiger partial charge in [0.25, 0.3) is 5.91 Å². The number of nitrogens with zero attached hydrogens (tertiary/aromatic N) is 8. The molecule has 4 heterocycles. The highest BCUT2D eigenvalue weighted by Crippen LogP contribution is 2.35. The van der Waals surface area contributed by atoms with Gasteiger partial charge in [0, 0.05) is 49.9 Å². The Morgan fingerprint density at radius 1 is 1.11 bits per heavy atom. The fraction of sp³-hybridized carbons (Fsp3) is 0.364. The topological polar surface area (TPSA) is 129 Å². The van der Waals surface area contributed by atoms with Crippen LogP contribution in [0.3, 0.4) is 0 Å². The molecule has 1 atom stereocenters. The largest absolute Gasteiger partial charge is 0.457 e. The molecule has 6 rings (SSSR count). The van der Waals surface area contributed by atoms with Crippen molar-refractivity contribution in [2.24, 2.45) is 0 Å². The van der Waals surface area contributed by atoms with E-state index in [1.807, 2.05) is 32.0 Å². The molecule has 0 aliphatic carbocycles. The highest BCUT2D eigenvalue weighted by atomic mass is 19.1. The van der Waals surface area contributed by atoms with E-state index in [4.69, 9.17) is 15.6 Å². The summed E-state index contributed by atoms with van der Waals surface area (Å²) in [6.07, 6.45) is 3.86. The fourth-order valence-electron chi connectivity index (χ4n) is 5.94. The summed E-state index contributed by atoms with van der Waals surface area (Å²) in [4.78, 5) is 28.4. The lowest BCUT2D eigenvalue weighted by Crippen LogP contribution is -2.55. The molecule has 4 aromatic rings. The number of piperazine rings is 1. The van der Waals surface area contributed by atoms with Crippen molar-refractivity contribution in [1.82, 2.24) is 34.4 Å². The number of para-hydroxylation sites is 1. The van der Waals surface area contributed by atoms with Crippen LogP contribution in [0.15, 0.2) is 66.5 Å². The van der Waals surface area contributed by atoms with Crippen LogP contribution in [0.2, 0.25) is 0 Å². The fourth-order valence-corrected chi connectivity index (χ4v) is 5.94. The first-order valence-electron chi connectivity index (χ1n) is 15.0. The molecule has 0 spiro atoms. The Kier molecular flexibility index (Phi) is 8.22. The van der Waals surface area contributed by atoms with Gasteiger partial charge < -0.3 is 20.3 Å². The van der Waals surface area contributed by atoms with Crippen molar-refractivity contribution in [3.05, 3.63) is 72.3 Å².